The van der Waals surface area contributed by atoms with Crippen molar-refractivity contribution in [1.82, 2.24) is 19.8 Å². The summed E-state index contributed by atoms with van der Waals surface area (Å²) < 4.78 is 28.5. The van der Waals surface area contributed by atoms with Crippen molar-refractivity contribution in [3.8, 4) is 0 Å². The van der Waals surface area contributed by atoms with Crippen molar-refractivity contribution in [1.29, 1.82) is 0 Å². The fourth-order valence-corrected chi connectivity index (χ4v) is 3.21. The highest BCUT2D eigenvalue weighted by Crippen LogP contribution is 2.33. The van der Waals surface area contributed by atoms with E-state index in [1.807, 2.05) is 0 Å². The minimum absolute atomic E-state index is 0.254. The predicted octanol–water partition coefficient (Wildman–Crippen LogP) is 1.35. The Balaban J connectivity index is 1.74. The van der Waals surface area contributed by atoms with Gasteiger partial charge in [0.1, 0.15) is 4.90 Å². The second-order valence-corrected chi connectivity index (χ2v) is 7.44. The normalized spacial score (nSPS) is 15.5. The molecule has 1 fully saturated rings. The molecule has 1 aliphatic rings. The number of rotatable bonds is 11. The van der Waals surface area contributed by atoms with Gasteiger partial charge in [0.25, 0.3) is 0 Å². The number of hydrogen-bond donors (Lipinski definition) is 2. The molecule has 0 aliphatic heterocycles. The third-order valence-corrected chi connectivity index (χ3v) is 5.06. The number of nitrogens with zero attached hydrogens (tertiary/aromatic N) is 2. The molecule has 1 saturated carbocycles. The fourth-order valence-electron chi connectivity index (χ4n) is 2.19. The zero-order valence-corrected chi connectivity index (χ0v) is 13.5. The quantitative estimate of drug-likeness (QED) is 0.605. The SMILES string of the molecule is CCCNCCn1cc(S(=O)(=O)NCCCC2CC2)cn1. The largest absolute Gasteiger partial charge is 0.315 e. The molecule has 0 saturated heterocycles. The molecule has 0 radical (unpaired) electrons. The van der Waals surface area contributed by atoms with Crippen molar-refractivity contribution in [3.63, 3.8) is 0 Å². The fraction of sp³-hybridized carbons (Fsp3) is 0.786. The van der Waals surface area contributed by atoms with Crippen LogP contribution in [0.2, 0.25) is 0 Å². The van der Waals surface area contributed by atoms with Gasteiger partial charge >= 0.3 is 0 Å². The molecule has 0 amide bonds. The summed E-state index contributed by atoms with van der Waals surface area (Å²) >= 11 is 0. The van der Waals surface area contributed by atoms with Gasteiger partial charge in [0.05, 0.1) is 12.7 Å². The first-order valence-corrected chi connectivity index (χ1v) is 9.33. The van der Waals surface area contributed by atoms with Crippen LogP contribution in [0.3, 0.4) is 0 Å². The van der Waals surface area contributed by atoms with E-state index in [0.717, 1.165) is 38.3 Å². The Morgan fingerprint density at radius 3 is 2.86 bits per heavy atom. The van der Waals surface area contributed by atoms with Gasteiger partial charge in [0.2, 0.25) is 10.0 Å². The molecule has 1 aliphatic carbocycles. The summed E-state index contributed by atoms with van der Waals surface area (Å²) in [5.74, 6) is 0.841. The maximum absolute atomic E-state index is 12.1. The number of nitrogens with one attached hydrogen (secondary N) is 2. The van der Waals surface area contributed by atoms with Crippen molar-refractivity contribution in [2.75, 3.05) is 19.6 Å². The van der Waals surface area contributed by atoms with Crippen LogP contribution in [0.15, 0.2) is 17.3 Å². The molecule has 6 nitrogen and oxygen atoms in total. The topological polar surface area (TPSA) is 76.0 Å². The van der Waals surface area contributed by atoms with E-state index in [1.54, 1.807) is 10.9 Å². The predicted molar refractivity (Wildman–Crippen MR) is 82.5 cm³/mol. The van der Waals surface area contributed by atoms with E-state index in [2.05, 4.69) is 22.1 Å². The van der Waals surface area contributed by atoms with Crippen LogP contribution in [0.25, 0.3) is 0 Å². The molecule has 1 aromatic heterocycles. The van der Waals surface area contributed by atoms with E-state index in [4.69, 9.17) is 0 Å². The lowest BCUT2D eigenvalue weighted by atomic mass is 10.2. The third-order valence-electron chi connectivity index (χ3n) is 3.64. The van der Waals surface area contributed by atoms with Gasteiger partial charge < -0.3 is 5.32 Å². The Bertz CT molecular complexity index is 523. The Kier molecular flexibility index (Phi) is 6.20. The second-order valence-electron chi connectivity index (χ2n) is 5.67. The van der Waals surface area contributed by atoms with Crippen molar-refractivity contribution in [2.45, 2.75) is 50.5 Å². The van der Waals surface area contributed by atoms with Gasteiger partial charge in [-0.15, -0.1) is 0 Å². The Morgan fingerprint density at radius 2 is 2.14 bits per heavy atom. The highest BCUT2D eigenvalue weighted by Gasteiger charge is 2.21. The Morgan fingerprint density at radius 1 is 1.33 bits per heavy atom. The van der Waals surface area contributed by atoms with Gasteiger partial charge in [-0.2, -0.15) is 5.10 Å². The van der Waals surface area contributed by atoms with Gasteiger partial charge in [0.15, 0.2) is 0 Å². The molecule has 7 heteroatoms. The van der Waals surface area contributed by atoms with Crippen molar-refractivity contribution in [3.05, 3.63) is 12.4 Å². The zero-order valence-electron chi connectivity index (χ0n) is 12.7. The summed E-state index contributed by atoms with van der Waals surface area (Å²) in [5.41, 5.74) is 0. The van der Waals surface area contributed by atoms with Gasteiger partial charge in [-0.3, -0.25) is 4.68 Å². The highest BCUT2D eigenvalue weighted by atomic mass is 32.2. The molecule has 1 heterocycles. The maximum Gasteiger partial charge on any atom is 0.243 e. The highest BCUT2D eigenvalue weighted by molar-refractivity contribution is 7.89. The summed E-state index contributed by atoms with van der Waals surface area (Å²) in [5, 5.41) is 7.37. The number of aromatic nitrogens is 2. The van der Waals surface area contributed by atoms with E-state index in [1.165, 1.54) is 19.0 Å². The lowest BCUT2D eigenvalue weighted by Gasteiger charge is -2.04. The van der Waals surface area contributed by atoms with Crippen LogP contribution in [0.5, 0.6) is 0 Å². The van der Waals surface area contributed by atoms with Gasteiger partial charge in [-0.25, -0.2) is 13.1 Å². The van der Waals surface area contributed by atoms with E-state index < -0.39 is 10.0 Å². The molecule has 0 spiro atoms. The molecule has 1 aromatic rings. The van der Waals surface area contributed by atoms with Crippen molar-refractivity contribution < 1.29 is 8.42 Å². The monoisotopic (exact) mass is 314 g/mol. The molecule has 0 unspecified atom stereocenters. The summed E-state index contributed by atoms with van der Waals surface area (Å²) in [4.78, 5) is 0.254. The molecule has 120 valence electrons. The molecule has 2 rings (SSSR count). The van der Waals surface area contributed by atoms with Crippen LogP contribution in [-0.2, 0) is 16.6 Å². The molecular formula is C14H26N4O2S. The van der Waals surface area contributed by atoms with Crippen LogP contribution >= 0.6 is 0 Å². The number of sulfonamides is 1. The molecule has 0 aromatic carbocycles. The lowest BCUT2D eigenvalue weighted by Crippen LogP contribution is -2.24. The molecule has 21 heavy (non-hydrogen) atoms. The second kappa shape index (κ2) is 7.91. The summed E-state index contributed by atoms with van der Waals surface area (Å²) in [6.45, 7) is 5.07. The van der Waals surface area contributed by atoms with Crippen molar-refractivity contribution in [2.24, 2.45) is 5.92 Å². The summed E-state index contributed by atoms with van der Waals surface area (Å²) in [6, 6.07) is 0. The number of hydrogen-bond acceptors (Lipinski definition) is 4. The van der Waals surface area contributed by atoms with Crippen LogP contribution in [0.1, 0.15) is 39.0 Å². The van der Waals surface area contributed by atoms with Crippen LogP contribution in [0.4, 0.5) is 0 Å². The minimum atomic E-state index is -3.41. The van der Waals surface area contributed by atoms with Gasteiger partial charge in [-0.05, 0) is 31.7 Å². The smallest absolute Gasteiger partial charge is 0.243 e. The Hall–Kier alpha value is -0.920. The average molecular weight is 314 g/mol. The molecule has 2 N–H and O–H groups in total. The summed E-state index contributed by atoms with van der Waals surface area (Å²) in [6.07, 6.45) is 8.77. The maximum atomic E-state index is 12.1. The standard InChI is InChI=1S/C14H26N4O2S/c1-2-7-15-9-10-18-12-14(11-16-18)21(19,20)17-8-3-4-13-5-6-13/h11-13,15,17H,2-10H2,1H3. The minimum Gasteiger partial charge on any atom is -0.315 e. The first-order chi connectivity index (χ1) is 10.1. The third kappa shape index (κ3) is 5.76. The Labute approximate surface area is 127 Å². The lowest BCUT2D eigenvalue weighted by molar-refractivity contribution is 0.551. The van der Waals surface area contributed by atoms with Gasteiger partial charge in [-0.1, -0.05) is 19.8 Å². The van der Waals surface area contributed by atoms with Gasteiger partial charge in [0, 0.05) is 19.3 Å². The molecule has 0 atom stereocenters. The summed E-state index contributed by atoms with van der Waals surface area (Å²) in [7, 11) is -3.41. The first kappa shape index (κ1) is 16.5. The van der Waals surface area contributed by atoms with E-state index in [9.17, 15) is 8.42 Å². The zero-order chi connectivity index (χ0) is 15.1. The van der Waals surface area contributed by atoms with E-state index in [0.29, 0.717) is 13.1 Å². The first-order valence-electron chi connectivity index (χ1n) is 7.84. The van der Waals surface area contributed by atoms with Crippen LogP contribution < -0.4 is 10.0 Å². The van der Waals surface area contributed by atoms with E-state index >= 15 is 0 Å². The van der Waals surface area contributed by atoms with E-state index in [-0.39, 0.29) is 4.90 Å². The average Bonchev–Trinajstić information content (AvgIpc) is 3.15. The van der Waals surface area contributed by atoms with Crippen LogP contribution in [-0.4, -0.2) is 37.8 Å². The molecular weight excluding hydrogens is 288 g/mol. The molecule has 0 bridgehead atoms. The van der Waals surface area contributed by atoms with Crippen LogP contribution in [0, 0.1) is 5.92 Å². The van der Waals surface area contributed by atoms with Crippen molar-refractivity contribution >= 4 is 10.0 Å².